The SMILES string of the molecule is COc1ccc(-c2oc3ccccc3c3c(-c4ccccc4)c4ccccc4c2-3)cc1. The third kappa shape index (κ3) is 2.72. The molecule has 0 unspecified atom stereocenters. The van der Waals surface area contributed by atoms with E-state index in [0.717, 1.165) is 33.6 Å². The molecule has 0 amide bonds. The topological polar surface area (TPSA) is 22.4 Å². The molecule has 0 N–H and O–H groups in total. The molecule has 2 aliphatic rings. The van der Waals surface area contributed by atoms with Crippen LogP contribution in [0.1, 0.15) is 0 Å². The molecule has 0 saturated carbocycles. The molecule has 4 aromatic carbocycles. The third-order valence-electron chi connectivity index (χ3n) is 5.98. The molecule has 148 valence electrons. The lowest BCUT2D eigenvalue weighted by molar-refractivity contribution is 0.415. The zero-order chi connectivity index (χ0) is 20.8. The first-order chi connectivity index (χ1) is 15.3. The number of benzene rings is 4. The van der Waals surface area contributed by atoms with Crippen molar-refractivity contribution in [3.8, 4) is 39.3 Å². The van der Waals surface area contributed by atoms with Gasteiger partial charge in [0.1, 0.15) is 17.1 Å². The first kappa shape index (κ1) is 17.8. The van der Waals surface area contributed by atoms with Crippen molar-refractivity contribution in [3.05, 3.63) is 103 Å². The lowest BCUT2D eigenvalue weighted by atomic mass is 9.94. The van der Waals surface area contributed by atoms with Crippen molar-refractivity contribution < 1.29 is 9.15 Å². The highest BCUT2D eigenvalue weighted by atomic mass is 16.5. The Balaban J connectivity index is 1.80. The summed E-state index contributed by atoms with van der Waals surface area (Å²) in [6, 6.07) is 35.7. The van der Waals surface area contributed by atoms with Crippen molar-refractivity contribution in [1.29, 1.82) is 0 Å². The molecule has 0 bridgehead atoms. The predicted octanol–water partition coefficient (Wildman–Crippen LogP) is 8.03. The van der Waals surface area contributed by atoms with Gasteiger partial charge in [0.25, 0.3) is 0 Å². The Morgan fingerprint density at radius 2 is 1.13 bits per heavy atom. The largest absolute Gasteiger partial charge is 0.497 e. The lowest BCUT2D eigenvalue weighted by Gasteiger charge is -2.14. The van der Waals surface area contributed by atoms with Gasteiger partial charge < -0.3 is 9.15 Å². The molecular formula is C29H20O2. The van der Waals surface area contributed by atoms with E-state index < -0.39 is 0 Å². The molecule has 6 rings (SSSR count). The highest BCUT2D eigenvalue weighted by Gasteiger charge is 2.26. The number of para-hydroxylation sites is 1. The minimum absolute atomic E-state index is 0.832. The van der Waals surface area contributed by atoms with Crippen LogP contribution >= 0.6 is 0 Å². The quantitative estimate of drug-likeness (QED) is 0.300. The second kappa shape index (κ2) is 7.03. The molecule has 0 saturated heterocycles. The molecule has 1 aliphatic heterocycles. The maximum Gasteiger partial charge on any atom is 0.143 e. The van der Waals surface area contributed by atoms with Gasteiger partial charge in [-0.05, 0) is 52.2 Å². The summed E-state index contributed by atoms with van der Waals surface area (Å²) in [6.07, 6.45) is 0. The summed E-state index contributed by atoms with van der Waals surface area (Å²) in [7, 11) is 1.68. The maximum atomic E-state index is 6.55. The Morgan fingerprint density at radius 3 is 1.84 bits per heavy atom. The van der Waals surface area contributed by atoms with E-state index in [-0.39, 0.29) is 0 Å². The van der Waals surface area contributed by atoms with Gasteiger partial charge in [-0.1, -0.05) is 72.8 Å². The van der Waals surface area contributed by atoms with Crippen LogP contribution in [-0.4, -0.2) is 7.11 Å². The van der Waals surface area contributed by atoms with Crippen molar-refractivity contribution in [1.82, 2.24) is 0 Å². The number of ether oxygens (including phenoxy) is 1. The number of rotatable bonds is 3. The van der Waals surface area contributed by atoms with E-state index >= 15 is 0 Å². The van der Waals surface area contributed by atoms with Gasteiger partial charge in [-0.15, -0.1) is 0 Å². The van der Waals surface area contributed by atoms with Crippen molar-refractivity contribution in [3.63, 3.8) is 0 Å². The third-order valence-corrected chi connectivity index (χ3v) is 5.98. The molecule has 31 heavy (non-hydrogen) atoms. The van der Waals surface area contributed by atoms with Gasteiger partial charge >= 0.3 is 0 Å². The van der Waals surface area contributed by atoms with Gasteiger partial charge in [0.05, 0.1) is 7.11 Å². The minimum Gasteiger partial charge on any atom is -0.497 e. The molecule has 0 atom stereocenters. The highest BCUT2D eigenvalue weighted by molar-refractivity contribution is 6.23. The van der Waals surface area contributed by atoms with Gasteiger partial charge in [0.2, 0.25) is 0 Å². The molecular weight excluding hydrogens is 380 g/mol. The zero-order valence-corrected chi connectivity index (χ0v) is 17.1. The summed E-state index contributed by atoms with van der Waals surface area (Å²) >= 11 is 0. The molecule has 0 spiro atoms. The number of hydrogen-bond donors (Lipinski definition) is 0. The molecule has 4 aromatic rings. The van der Waals surface area contributed by atoms with Crippen molar-refractivity contribution in [2.75, 3.05) is 7.11 Å². The Kier molecular flexibility index (Phi) is 4.03. The van der Waals surface area contributed by atoms with Gasteiger partial charge in [0, 0.05) is 22.1 Å². The Morgan fingerprint density at radius 1 is 0.516 bits per heavy atom. The number of fused-ring (bicyclic) bond motifs is 5. The monoisotopic (exact) mass is 400 g/mol. The van der Waals surface area contributed by atoms with Gasteiger partial charge in [-0.3, -0.25) is 0 Å². The molecule has 1 aliphatic carbocycles. The minimum atomic E-state index is 0.832. The van der Waals surface area contributed by atoms with Crippen LogP contribution in [0.15, 0.2) is 108 Å². The molecule has 2 nitrogen and oxygen atoms in total. The van der Waals surface area contributed by atoms with E-state index in [4.69, 9.17) is 9.15 Å². The zero-order valence-electron chi connectivity index (χ0n) is 17.1. The number of hydrogen-bond acceptors (Lipinski definition) is 2. The van der Waals surface area contributed by atoms with Gasteiger partial charge in [-0.25, -0.2) is 0 Å². The molecule has 0 aromatic heterocycles. The second-order valence-electron chi connectivity index (χ2n) is 7.69. The molecule has 2 heteroatoms. The second-order valence-corrected chi connectivity index (χ2v) is 7.69. The Labute approximate surface area is 180 Å². The molecule has 1 heterocycles. The Bertz CT molecular complexity index is 1490. The van der Waals surface area contributed by atoms with Crippen molar-refractivity contribution in [2.45, 2.75) is 0 Å². The first-order valence-electron chi connectivity index (χ1n) is 10.4. The number of methoxy groups -OCH3 is 1. The fourth-order valence-electron chi connectivity index (χ4n) is 4.59. The van der Waals surface area contributed by atoms with E-state index in [0.29, 0.717) is 0 Å². The fourth-order valence-corrected chi connectivity index (χ4v) is 4.59. The standard InChI is InChI=1S/C29H20O2/c1-30-21-17-15-20(16-18-21)29-28-23-12-6-5-11-22(23)26(19-9-3-2-4-10-19)27(28)24-13-7-8-14-25(24)31-29/h2-18H,1H3. The van der Waals surface area contributed by atoms with E-state index in [1.54, 1.807) is 7.11 Å². The average Bonchev–Trinajstić information content (AvgIpc) is 3.20. The smallest absolute Gasteiger partial charge is 0.143 e. The summed E-state index contributed by atoms with van der Waals surface area (Å²) in [5.74, 6) is 1.72. The van der Waals surface area contributed by atoms with Crippen LogP contribution in [0.3, 0.4) is 0 Å². The molecule has 0 radical (unpaired) electrons. The maximum absolute atomic E-state index is 6.55. The summed E-state index contributed by atoms with van der Waals surface area (Å²) in [4.78, 5) is 0. The molecule has 0 fully saturated rings. The van der Waals surface area contributed by atoms with E-state index in [1.165, 1.54) is 27.5 Å². The van der Waals surface area contributed by atoms with Crippen molar-refractivity contribution in [2.24, 2.45) is 0 Å². The first-order valence-corrected chi connectivity index (χ1v) is 10.4. The van der Waals surface area contributed by atoms with Crippen LogP contribution < -0.4 is 4.74 Å². The van der Waals surface area contributed by atoms with Crippen LogP contribution in [0.2, 0.25) is 0 Å². The van der Waals surface area contributed by atoms with Crippen LogP contribution in [0, 0.1) is 0 Å². The van der Waals surface area contributed by atoms with Crippen LogP contribution in [0.25, 0.3) is 55.3 Å². The Hall–Kier alpha value is -4.04. The lowest BCUT2D eigenvalue weighted by Crippen LogP contribution is -1.89. The van der Waals surface area contributed by atoms with Crippen LogP contribution in [-0.2, 0) is 0 Å². The van der Waals surface area contributed by atoms with Gasteiger partial charge in [-0.2, -0.15) is 0 Å². The highest BCUT2D eigenvalue weighted by Crippen LogP contribution is 2.52. The van der Waals surface area contributed by atoms with E-state index in [9.17, 15) is 0 Å². The summed E-state index contributed by atoms with van der Waals surface area (Å²) in [6.45, 7) is 0. The van der Waals surface area contributed by atoms with Crippen LogP contribution in [0.5, 0.6) is 5.75 Å². The predicted molar refractivity (Wildman–Crippen MR) is 128 cm³/mol. The van der Waals surface area contributed by atoms with Gasteiger partial charge in [0.15, 0.2) is 0 Å². The van der Waals surface area contributed by atoms with Crippen LogP contribution in [0.4, 0.5) is 0 Å². The summed E-state index contributed by atoms with van der Waals surface area (Å²) in [5.41, 5.74) is 6.78. The van der Waals surface area contributed by atoms with Crippen molar-refractivity contribution >= 4 is 21.7 Å². The normalized spacial score (nSPS) is 11.4. The van der Waals surface area contributed by atoms with E-state index in [2.05, 4.69) is 78.9 Å². The fraction of sp³-hybridized carbons (Fsp3) is 0.0345. The summed E-state index contributed by atoms with van der Waals surface area (Å²) in [5, 5.41) is 3.58. The summed E-state index contributed by atoms with van der Waals surface area (Å²) < 4.78 is 11.9. The van der Waals surface area contributed by atoms with E-state index in [1.807, 2.05) is 24.3 Å². The average molecular weight is 400 g/mol.